The van der Waals surface area contributed by atoms with Crippen LogP contribution >= 0.6 is 43.7 Å². The number of halogens is 5. The molecule has 1 heterocycles. The number of ether oxygens (including phenoxy) is 1. The molecule has 0 bridgehead atoms. The summed E-state index contributed by atoms with van der Waals surface area (Å²) in [5.41, 5.74) is 0.604. The number of nitrogens with zero attached hydrogens (tertiary/aromatic N) is 1. The van der Waals surface area contributed by atoms with Gasteiger partial charge in [0.15, 0.2) is 0 Å². The van der Waals surface area contributed by atoms with Crippen molar-refractivity contribution in [3.8, 4) is 5.75 Å². The summed E-state index contributed by atoms with van der Waals surface area (Å²) in [5.74, 6) is -0.138. The third kappa shape index (κ3) is 5.88. The van der Waals surface area contributed by atoms with Crippen LogP contribution in [0.5, 0.6) is 5.75 Å². The van der Waals surface area contributed by atoms with E-state index in [9.17, 15) is 18.4 Å². The third-order valence-electron chi connectivity index (χ3n) is 2.37. The Balaban J connectivity index is 0.000000235. The molecule has 1 saturated heterocycles. The Morgan fingerprint density at radius 2 is 1.86 bits per heavy atom. The average molecular weight is 449 g/mol. The number of rotatable bonds is 3. The van der Waals surface area contributed by atoms with Crippen LogP contribution in [0, 0.1) is 0 Å². The Labute approximate surface area is 141 Å². The summed E-state index contributed by atoms with van der Waals surface area (Å²) in [6, 6.07) is 4.50. The highest BCUT2D eigenvalue weighted by atomic mass is 79.9. The SMILES string of the molecule is FC(F)Oc1ccc(Cl)cc1CBr.O=C1CCC(=O)N1Br. The van der Waals surface area contributed by atoms with Crippen LogP contribution in [0.25, 0.3) is 0 Å². The average Bonchev–Trinajstić information content (AvgIpc) is 2.72. The van der Waals surface area contributed by atoms with Crippen LogP contribution in [0.2, 0.25) is 5.02 Å². The molecule has 116 valence electrons. The quantitative estimate of drug-likeness (QED) is 0.393. The largest absolute Gasteiger partial charge is 0.435 e. The van der Waals surface area contributed by atoms with E-state index in [1.165, 1.54) is 12.1 Å². The molecule has 1 aliphatic heterocycles. The van der Waals surface area contributed by atoms with E-state index in [4.69, 9.17) is 11.6 Å². The number of amides is 2. The van der Waals surface area contributed by atoms with Crippen LogP contribution in [0.3, 0.4) is 0 Å². The second kappa shape index (κ2) is 8.65. The zero-order valence-corrected chi connectivity index (χ0v) is 14.4. The number of benzene rings is 1. The van der Waals surface area contributed by atoms with Gasteiger partial charge in [0, 0.05) is 28.8 Å². The van der Waals surface area contributed by atoms with Crippen LogP contribution in [-0.4, -0.2) is 22.4 Å². The van der Waals surface area contributed by atoms with Crippen LogP contribution in [0.15, 0.2) is 18.2 Å². The number of carbonyl (C=O) groups excluding carboxylic acids is 2. The molecular weight excluding hydrogens is 439 g/mol. The maximum atomic E-state index is 11.9. The van der Waals surface area contributed by atoms with Gasteiger partial charge in [0.25, 0.3) is 0 Å². The highest BCUT2D eigenvalue weighted by Gasteiger charge is 2.26. The molecule has 4 nitrogen and oxygen atoms in total. The number of alkyl halides is 3. The smallest absolute Gasteiger partial charge is 0.387 e. The zero-order chi connectivity index (χ0) is 16.0. The van der Waals surface area contributed by atoms with Gasteiger partial charge < -0.3 is 4.74 Å². The van der Waals surface area contributed by atoms with Crippen molar-refractivity contribution >= 4 is 55.5 Å². The zero-order valence-electron chi connectivity index (χ0n) is 10.5. The van der Waals surface area contributed by atoms with E-state index in [2.05, 4.69) is 36.8 Å². The molecular formula is C12H10Br2ClF2NO3. The first kappa shape index (κ1) is 18.3. The second-order valence-corrected chi connectivity index (χ2v) is 5.54. The van der Waals surface area contributed by atoms with Crippen molar-refractivity contribution in [1.82, 2.24) is 3.93 Å². The fraction of sp³-hybridized carbons (Fsp3) is 0.333. The van der Waals surface area contributed by atoms with Gasteiger partial charge in [-0.15, -0.1) is 0 Å². The number of carbonyl (C=O) groups is 2. The summed E-state index contributed by atoms with van der Waals surface area (Å²) in [6.07, 6.45) is 0.703. The van der Waals surface area contributed by atoms with Gasteiger partial charge in [-0.05, 0) is 18.2 Å². The molecule has 0 aromatic heterocycles. The molecule has 0 saturated carbocycles. The van der Waals surface area contributed by atoms with Gasteiger partial charge in [0.1, 0.15) is 5.75 Å². The van der Waals surface area contributed by atoms with Gasteiger partial charge >= 0.3 is 6.61 Å². The molecule has 0 radical (unpaired) electrons. The lowest BCUT2D eigenvalue weighted by Crippen LogP contribution is -2.16. The minimum Gasteiger partial charge on any atom is -0.435 e. The Bertz CT molecular complexity index is 515. The molecule has 0 unspecified atom stereocenters. The maximum Gasteiger partial charge on any atom is 0.387 e. The van der Waals surface area contributed by atoms with Gasteiger partial charge in [0.2, 0.25) is 11.8 Å². The van der Waals surface area contributed by atoms with Crippen molar-refractivity contribution in [2.24, 2.45) is 0 Å². The molecule has 2 amide bonds. The lowest BCUT2D eigenvalue weighted by molar-refractivity contribution is -0.131. The van der Waals surface area contributed by atoms with E-state index in [1.54, 1.807) is 6.07 Å². The summed E-state index contributed by atoms with van der Waals surface area (Å²) >= 11 is 11.6. The van der Waals surface area contributed by atoms with E-state index < -0.39 is 6.61 Å². The minimum absolute atomic E-state index is 0.144. The molecule has 1 aliphatic rings. The van der Waals surface area contributed by atoms with Gasteiger partial charge in [-0.2, -0.15) is 8.78 Å². The van der Waals surface area contributed by atoms with Gasteiger partial charge in [-0.25, -0.2) is 3.93 Å². The Morgan fingerprint density at radius 3 is 2.24 bits per heavy atom. The number of hydrogen-bond acceptors (Lipinski definition) is 3. The van der Waals surface area contributed by atoms with Crippen LogP contribution < -0.4 is 4.74 Å². The Hall–Kier alpha value is -0.730. The van der Waals surface area contributed by atoms with E-state index in [0.29, 0.717) is 28.8 Å². The van der Waals surface area contributed by atoms with Crippen LogP contribution in [0.4, 0.5) is 8.78 Å². The van der Waals surface area contributed by atoms with Gasteiger partial charge in [0.05, 0.1) is 16.1 Å². The third-order valence-corrected chi connectivity index (χ3v) is 4.00. The van der Waals surface area contributed by atoms with E-state index in [0.717, 1.165) is 3.93 Å². The predicted octanol–water partition coefficient (Wildman–Crippen LogP) is 4.28. The summed E-state index contributed by atoms with van der Waals surface area (Å²) in [5, 5.41) is 0.923. The van der Waals surface area contributed by atoms with Crippen molar-refractivity contribution in [2.75, 3.05) is 0 Å². The monoisotopic (exact) mass is 447 g/mol. The Morgan fingerprint density at radius 1 is 1.29 bits per heavy atom. The van der Waals surface area contributed by atoms with Crippen molar-refractivity contribution in [3.63, 3.8) is 0 Å². The van der Waals surface area contributed by atoms with Crippen molar-refractivity contribution < 1.29 is 23.1 Å². The Kier molecular flexibility index (Phi) is 7.55. The molecule has 0 spiro atoms. The first-order valence-electron chi connectivity index (χ1n) is 5.66. The topological polar surface area (TPSA) is 46.6 Å². The molecule has 9 heteroatoms. The van der Waals surface area contributed by atoms with E-state index in [1.807, 2.05) is 0 Å². The normalized spacial score (nSPS) is 14.3. The molecule has 21 heavy (non-hydrogen) atoms. The summed E-state index contributed by atoms with van der Waals surface area (Å²) in [7, 11) is 0. The van der Waals surface area contributed by atoms with Crippen LogP contribution in [-0.2, 0) is 14.9 Å². The highest BCUT2D eigenvalue weighted by Crippen LogP contribution is 2.26. The van der Waals surface area contributed by atoms with Crippen molar-refractivity contribution in [2.45, 2.75) is 24.8 Å². The van der Waals surface area contributed by atoms with Crippen molar-refractivity contribution in [3.05, 3.63) is 28.8 Å². The second-order valence-electron chi connectivity index (χ2n) is 3.83. The fourth-order valence-electron chi connectivity index (χ4n) is 1.41. The first-order valence-corrected chi connectivity index (χ1v) is 7.86. The van der Waals surface area contributed by atoms with Crippen molar-refractivity contribution in [1.29, 1.82) is 0 Å². The number of hydrogen-bond donors (Lipinski definition) is 0. The molecule has 0 atom stereocenters. The molecule has 1 aromatic rings. The number of imide groups is 1. The van der Waals surface area contributed by atoms with E-state index >= 15 is 0 Å². The fourth-order valence-corrected chi connectivity index (χ4v) is 2.40. The first-order chi connectivity index (χ1) is 9.85. The highest BCUT2D eigenvalue weighted by molar-refractivity contribution is 9.08. The molecule has 2 rings (SSSR count). The van der Waals surface area contributed by atoms with E-state index in [-0.39, 0.29) is 17.6 Å². The van der Waals surface area contributed by atoms with Crippen LogP contribution in [0.1, 0.15) is 18.4 Å². The predicted molar refractivity (Wildman–Crippen MR) is 80.7 cm³/mol. The molecule has 0 N–H and O–H groups in total. The molecule has 0 aliphatic carbocycles. The summed E-state index contributed by atoms with van der Waals surface area (Å²) < 4.78 is 29.0. The lowest BCUT2D eigenvalue weighted by atomic mass is 10.2. The molecule has 1 fully saturated rings. The molecule has 1 aromatic carbocycles. The summed E-state index contributed by atoms with van der Waals surface area (Å²) in [6.45, 7) is -2.81. The lowest BCUT2D eigenvalue weighted by Gasteiger charge is -2.08. The minimum atomic E-state index is -2.81. The standard InChI is InChI=1S/C8H6BrClF2O.C4H4BrNO2/c9-4-5-3-6(10)1-2-7(5)13-8(11)12;5-6-3(7)1-2-4(6)8/h1-3,8H,4H2;1-2H2. The van der Waals surface area contributed by atoms with Gasteiger partial charge in [-0.3, -0.25) is 9.59 Å². The summed E-state index contributed by atoms with van der Waals surface area (Å²) in [4.78, 5) is 20.9. The maximum absolute atomic E-state index is 11.9. The van der Waals surface area contributed by atoms with Gasteiger partial charge in [-0.1, -0.05) is 27.5 Å².